The van der Waals surface area contributed by atoms with Crippen molar-refractivity contribution in [1.82, 2.24) is 0 Å². The third-order valence-corrected chi connectivity index (χ3v) is 5.06. The van der Waals surface area contributed by atoms with E-state index in [2.05, 4.69) is 0 Å². The first-order valence-electron chi connectivity index (χ1n) is 7.24. The predicted molar refractivity (Wildman–Crippen MR) is 75.0 cm³/mol. The standard InChI is InChI=1S/C15H10F3NO4.CH4/c16-15(17,18)5-2-1-3-6(4-5)19-13(20)7-8(14(19)21)10-12-11(23-12)9(7)22-10;/h1-4,7-12H;1H4/t7-,8?,9?,10?,11-,12+;/m0./s1. The van der Waals surface area contributed by atoms with Crippen LogP contribution < -0.4 is 4.90 Å². The quantitative estimate of drug-likeness (QED) is 0.579. The number of epoxide rings is 1. The molecular weight excluding hydrogens is 327 g/mol. The van der Waals surface area contributed by atoms with Crippen molar-refractivity contribution in [2.45, 2.75) is 38.0 Å². The summed E-state index contributed by atoms with van der Waals surface area (Å²) in [6, 6.07) is 4.27. The Morgan fingerprint density at radius 2 is 1.46 bits per heavy atom. The van der Waals surface area contributed by atoms with E-state index in [1.165, 1.54) is 12.1 Å². The van der Waals surface area contributed by atoms with Gasteiger partial charge in [-0.1, -0.05) is 13.5 Å². The molecule has 0 saturated carbocycles. The molecule has 4 heterocycles. The Morgan fingerprint density at radius 3 is 2.00 bits per heavy atom. The van der Waals surface area contributed by atoms with Crippen molar-refractivity contribution in [1.29, 1.82) is 0 Å². The molecule has 2 amide bonds. The van der Waals surface area contributed by atoms with Gasteiger partial charge in [-0.05, 0) is 18.2 Å². The van der Waals surface area contributed by atoms with Crippen molar-refractivity contribution < 1.29 is 32.2 Å². The minimum absolute atomic E-state index is 0. The van der Waals surface area contributed by atoms with E-state index in [0.717, 1.165) is 17.0 Å². The van der Waals surface area contributed by atoms with Crippen molar-refractivity contribution >= 4 is 17.5 Å². The van der Waals surface area contributed by atoms with Crippen molar-refractivity contribution in [3.05, 3.63) is 29.8 Å². The van der Waals surface area contributed by atoms with E-state index in [-0.39, 0.29) is 25.3 Å². The topological polar surface area (TPSA) is 59.1 Å². The molecule has 4 aliphatic heterocycles. The molecule has 0 aromatic heterocycles. The number of anilines is 1. The summed E-state index contributed by atoms with van der Waals surface area (Å²) in [4.78, 5) is 26.1. The summed E-state index contributed by atoms with van der Waals surface area (Å²) in [5, 5.41) is 0. The minimum atomic E-state index is -4.53. The van der Waals surface area contributed by atoms with E-state index in [1.54, 1.807) is 0 Å². The van der Waals surface area contributed by atoms with E-state index >= 15 is 0 Å². The van der Waals surface area contributed by atoms with Crippen LogP contribution in [0.5, 0.6) is 0 Å². The molecule has 4 aliphatic rings. The van der Waals surface area contributed by atoms with Gasteiger partial charge in [-0.2, -0.15) is 13.2 Å². The van der Waals surface area contributed by atoms with Gasteiger partial charge < -0.3 is 9.47 Å². The lowest BCUT2D eigenvalue weighted by Crippen LogP contribution is -2.35. The van der Waals surface area contributed by atoms with Gasteiger partial charge in [0, 0.05) is 0 Å². The normalized spacial score (nSPS) is 38.9. The second-order valence-electron chi connectivity index (χ2n) is 6.24. The summed E-state index contributed by atoms with van der Waals surface area (Å²) >= 11 is 0. The van der Waals surface area contributed by atoms with Gasteiger partial charge in [-0.3, -0.25) is 9.59 Å². The molecule has 5 nitrogen and oxygen atoms in total. The first-order valence-corrected chi connectivity index (χ1v) is 7.24. The highest BCUT2D eigenvalue weighted by atomic mass is 19.4. The maximum atomic E-state index is 12.8. The van der Waals surface area contributed by atoms with E-state index < -0.39 is 47.6 Å². The highest BCUT2D eigenvalue weighted by molar-refractivity contribution is 6.23. The Labute approximate surface area is 135 Å². The maximum Gasteiger partial charge on any atom is 0.416 e. The van der Waals surface area contributed by atoms with Gasteiger partial charge in [0.25, 0.3) is 0 Å². The largest absolute Gasteiger partial charge is 0.416 e. The number of amides is 2. The monoisotopic (exact) mass is 341 g/mol. The van der Waals surface area contributed by atoms with Crippen LogP contribution in [0.3, 0.4) is 0 Å². The number of nitrogens with zero attached hydrogens (tertiary/aromatic N) is 1. The van der Waals surface area contributed by atoms with Crippen molar-refractivity contribution in [3.8, 4) is 0 Å². The van der Waals surface area contributed by atoms with Gasteiger partial charge in [0.1, 0.15) is 12.2 Å². The average molecular weight is 341 g/mol. The summed E-state index contributed by atoms with van der Waals surface area (Å²) < 4.78 is 49.6. The smallest absolute Gasteiger partial charge is 0.368 e. The number of benzene rings is 1. The molecule has 5 rings (SSSR count). The zero-order chi connectivity index (χ0) is 16.1. The van der Waals surface area contributed by atoms with Gasteiger partial charge in [-0.15, -0.1) is 0 Å². The molecular formula is C16H14F3NO4. The van der Waals surface area contributed by atoms with E-state index in [0.29, 0.717) is 0 Å². The van der Waals surface area contributed by atoms with E-state index in [9.17, 15) is 22.8 Å². The third kappa shape index (κ3) is 1.78. The summed E-state index contributed by atoms with van der Waals surface area (Å²) in [7, 11) is 0. The van der Waals surface area contributed by atoms with Gasteiger partial charge in [0.15, 0.2) is 0 Å². The molecule has 6 atom stereocenters. The predicted octanol–water partition coefficient (Wildman–Crippen LogP) is 2.00. The highest BCUT2D eigenvalue weighted by Crippen LogP contribution is 2.57. The number of hydrogen-bond donors (Lipinski definition) is 0. The van der Waals surface area contributed by atoms with Gasteiger partial charge in [-0.25, -0.2) is 4.90 Å². The molecule has 8 heteroatoms. The van der Waals surface area contributed by atoms with Crippen LogP contribution in [0, 0.1) is 11.8 Å². The average Bonchev–Trinajstić information content (AvgIpc) is 3.01. The molecule has 0 radical (unpaired) electrons. The molecule has 128 valence electrons. The van der Waals surface area contributed by atoms with Crippen LogP contribution in [0.4, 0.5) is 18.9 Å². The molecule has 24 heavy (non-hydrogen) atoms. The molecule has 1 aromatic carbocycles. The fourth-order valence-electron chi connectivity index (χ4n) is 4.06. The van der Waals surface area contributed by atoms with Gasteiger partial charge >= 0.3 is 6.18 Å². The van der Waals surface area contributed by atoms with Crippen LogP contribution in [-0.2, 0) is 25.2 Å². The lowest BCUT2D eigenvalue weighted by atomic mass is 9.81. The number of hydrogen-bond acceptors (Lipinski definition) is 4. The molecule has 0 aliphatic carbocycles. The highest BCUT2D eigenvalue weighted by Gasteiger charge is 2.75. The number of carbonyl (C=O) groups excluding carboxylic acids is 2. The van der Waals surface area contributed by atoms with Crippen LogP contribution in [0.15, 0.2) is 24.3 Å². The van der Waals surface area contributed by atoms with Crippen molar-refractivity contribution in [3.63, 3.8) is 0 Å². The first-order chi connectivity index (χ1) is 10.9. The lowest BCUT2D eigenvalue weighted by Gasteiger charge is -2.19. The molecule has 1 aromatic rings. The van der Waals surface area contributed by atoms with Crippen LogP contribution in [0.2, 0.25) is 0 Å². The molecule has 0 spiro atoms. The Kier molecular flexibility index (Phi) is 2.97. The second-order valence-corrected chi connectivity index (χ2v) is 6.24. The number of imide groups is 1. The minimum Gasteiger partial charge on any atom is -0.368 e. The summed E-state index contributed by atoms with van der Waals surface area (Å²) in [5.41, 5.74) is -0.934. The maximum absolute atomic E-state index is 12.8. The molecule has 4 saturated heterocycles. The van der Waals surface area contributed by atoms with Gasteiger partial charge in [0.2, 0.25) is 11.8 Å². The Morgan fingerprint density at radius 1 is 0.917 bits per heavy atom. The fourth-order valence-corrected chi connectivity index (χ4v) is 4.06. The lowest BCUT2D eigenvalue weighted by molar-refractivity contribution is -0.137. The fraction of sp³-hybridized carbons (Fsp3) is 0.500. The van der Waals surface area contributed by atoms with Crippen LogP contribution >= 0.6 is 0 Å². The Bertz CT molecular complexity index is 717. The summed E-state index contributed by atoms with van der Waals surface area (Å²) in [6.45, 7) is 0. The Hall–Kier alpha value is -1.93. The molecule has 0 N–H and O–H groups in total. The molecule has 3 unspecified atom stereocenters. The molecule has 4 fully saturated rings. The number of fused-ring (bicyclic) bond motifs is 8. The number of ether oxygens (including phenoxy) is 2. The van der Waals surface area contributed by atoms with Crippen LogP contribution in [0.25, 0.3) is 0 Å². The van der Waals surface area contributed by atoms with E-state index in [1.807, 2.05) is 0 Å². The summed E-state index contributed by atoms with van der Waals surface area (Å²) in [6.07, 6.45) is -5.75. The van der Waals surface area contributed by atoms with Crippen LogP contribution in [-0.4, -0.2) is 36.2 Å². The second kappa shape index (κ2) is 4.58. The number of alkyl halides is 3. The summed E-state index contributed by atoms with van der Waals surface area (Å²) in [5.74, 6) is -2.29. The third-order valence-electron chi connectivity index (χ3n) is 5.06. The van der Waals surface area contributed by atoms with E-state index in [4.69, 9.17) is 9.47 Å². The van der Waals surface area contributed by atoms with Crippen LogP contribution in [0.1, 0.15) is 13.0 Å². The first kappa shape index (κ1) is 15.6. The number of halogens is 3. The van der Waals surface area contributed by atoms with Gasteiger partial charge in [0.05, 0.1) is 35.3 Å². The molecule has 2 bridgehead atoms. The Balaban J connectivity index is 0.00000146. The number of rotatable bonds is 1. The van der Waals surface area contributed by atoms with Crippen molar-refractivity contribution in [2.75, 3.05) is 4.90 Å². The SMILES string of the molecule is C.O=C1C2C3OC([C@H]2C(=O)N1c1cccc(C(F)(F)F)c1)[C@@H]1O[C@H]31. The van der Waals surface area contributed by atoms with Crippen molar-refractivity contribution in [2.24, 2.45) is 11.8 Å². The zero-order valence-electron chi connectivity index (χ0n) is 11.5. The number of carbonyl (C=O) groups is 2. The zero-order valence-corrected chi connectivity index (χ0v) is 11.5.